The number of piperidine rings is 1. The Morgan fingerprint density at radius 3 is 2.73 bits per heavy atom. The van der Waals surface area contributed by atoms with Crippen LogP contribution in [0.2, 0.25) is 0 Å². The Kier molecular flexibility index (Phi) is 5.74. The molecule has 0 bridgehead atoms. The first-order valence-corrected chi connectivity index (χ1v) is 7.91. The molecule has 2 rings (SSSR count). The zero-order chi connectivity index (χ0) is 16.1. The largest absolute Gasteiger partial charge is 0.370 e. The number of nitrogens with one attached hydrogen (secondary N) is 2. The van der Waals surface area contributed by atoms with Gasteiger partial charge in [0.05, 0.1) is 11.4 Å². The van der Waals surface area contributed by atoms with Gasteiger partial charge in [-0.05, 0) is 65.0 Å². The molecule has 0 saturated carbocycles. The molecule has 1 aliphatic rings. The van der Waals surface area contributed by atoms with E-state index < -0.39 is 0 Å². The van der Waals surface area contributed by atoms with E-state index in [4.69, 9.17) is 11.1 Å². The van der Waals surface area contributed by atoms with Crippen LogP contribution in [0.25, 0.3) is 0 Å². The van der Waals surface area contributed by atoms with Crippen LogP contribution in [-0.4, -0.2) is 60.5 Å². The zero-order valence-corrected chi connectivity index (χ0v) is 13.9. The third-order valence-corrected chi connectivity index (χ3v) is 4.42. The lowest BCUT2D eigenvalue weighted by Crippen LogP contribution is -2.42. The van der Waals surface area contributed by atoms with Crippen molar-refractivity contribution in [3.63, 3.8) is 0 Å². The summed E-state index contributed by atoms with van der Waals surface area (Å²) >= 11 is 0. The standard InChI is InChI=1S/C16H28N6/c1-12-15(20-16(17)18)10-13(11-19-12)4-7-22-8-5-14(6-9-22)21(2)3/h10-11,14H,4-9H2,1-3H3,(H4,17,18,20). The molecule has 1 aromatic heterocycles. The van der Waals surface area contributed by atoms with Crippen LogP contribution in [0.15, 0.2) is 12.3 Å². The van der Waals surface area contributed by atoms with Gasteiger partial charge < -0.3 is 20.9 Å². The molecule has 1 aromatic rings. The Hall–Kier alpha value is -1.66. The van der Waals surface area contributed by atoms with Crippen molar-refractivity contribution in [2.24, 2.45) is 5.73 Å². The van der Waals surface area contributed by atoms with Crippen LogP contribution in [0, 0.1) is 12.3 Å². The third kappa shape index (κ3) is 4.68. The number of aryl methyl sites for hydroxylation is 1. The van der Waals surface area contributed by atoms with Crippen LogP contribution in [0.3, 0.4) is 0 Å². The molecule has 0 radical (unpaired) electrons. The summed E-state index contributed by atoms with van der Waals surface area (Å²) in [6.45, 7) is 5.31. The molecule has 1 aliphatic heterocycles. The lowest BCUT2D eigenvalue weighted by molar-refractivity contribution is 0.146. The fourth-order valence-corrected chi connectivity index (χ4v) is 2.93. The Morgan fingerprint density at radius 2 is 2.14 bits per heavy atom. The molecule has 122 valence electrons. The van der Waals surface area contributed by atoms with Crippen molar-refractivity contribution in [1.82, 2.24) is 14.8 Å². The van der Waals surface area contributed by atoms with Crippen LogP contribution in [-0.2, 0) is 6.42 Å². The molecular formula is C16H28N6. The molecule has 0 amide bonds. The topological polar surface area (TPSA) is 81.3 Å². The number of aromatic nitrogens is 1. The molecule has 4 N–H and O–H groups in total. The van der Waals surface area contributed by atoms with Crippen molar-refractivity contribution in [2.75, 3.05) is 39.0 Å². The molecule has 0 aromatic carbocycles. The fourth-order valence-electron chi connectivity index (χ4n) is 2.93. The minimum absolute atomic E-state index is 0.0483. The van der Waals surface area contributed by atoms with Gasteiger partial charge in [0.25, 0.3) is 0 Å². The summed E-state index contributed by atoms with van der Waals surface area (Å²) in [6, 6.07) is 2.78. The van der Waals surface area contributed by atoms with Gasteiger partial charge in [0, 0.05) is 18.8 Å². The maximum Gasteiger partial charge on any atom is 0.190 e. The van der Waals surface area contributed by atoms with E-state index in [9.17, 15) is 0 Å². The number of hydrogen-bond acceptors (Lipinski definition) is 4. The maximum atomic E-state index is 7.34. The normalized spacial score (nSPS) is 16.9. The van der Waals surface area contributed by atoms with E-state index >= 15 is 0 Å². The van der Waals surface area contributed by atoms with Gasteiger partial charge in [-0.1, -0.05) is 0 Å². The summed E-state index contributed by atoms with van der Waals surface area (Å²) in [4.78, 5) is 9.25. The second kappa shape index (κ2) is 7.56. The number of hydrogen-bond donors (Lipinski definition) is 3. The molecule has 0 aliphatic carbocycles. The smallest absolute Gasteiger partial charge is 0.190 e. The van der Waals surface area contributed by atoms with E-state index in [1.807, 2.05) is 13.1 Å². The van der Waals surface area contributed by atoms with E-state index in [1.54, 1.807) is 0 Å². The van der Waals surface area contributed by atoms with Gasteiger partial charge in [0.2, 0.25) is 0 Å². The summed E-state index contributed by atoms with van der Waals surface area (Å²) in [7, 11) is 4.34. The number of nitrogens with two attached hydrogens (primary N) is 1. The van der Waals surface area contributed by atoms with E-state index in [2.05, 4.69) is 40.3 Å². The average molecular weight is 304 g/mol. The number of anilines is 1. The van der Waals surface area contributed by atoms with Crippen LogP contribution in [0.4, 0.5) is 5.69 Å². The molecule has 6 nitrogen and oxygen atoms in total. The van der Waals surface area contributed by atoms with Crippen molar-refractivity contribution >= 4 is 11.6 Å². The van der Waals surface area contributed by atoms with Gasteiger partial charge >= 0.3 is 0 Å². The van der Waals surface area contributed by atoms with Crippen LogP contribution >= 0.6 is 0 Å². The highest BCUT2D eigenvalue weighted by atomic mass is 15.2. The van der Waals surface area contributed by atoms with Crippen molar-refractivity contribution in [2.45, 2.75) is 32.2 Å². The predicted octanol–water partition coefficient (Wildman–Crippen LogP) is 1.26. The second-order valence-corrected chi connectivity index (χ2v) is 6.30. The second-order valence-electron chi connectivity index (χ2n) is 6.30. The highest BCUT2D eigenvalue weighted by Gasteiger charge is 2.20. The minimum Gasteiger partial charge on any atom is -0.370 e. The number of guanidine groups is 1. The van der Waals surface area contributed by atoms with Crippen molar-refractivity contribution in [3.05, 3.63) is 23.5 Å². The van der Waals surface area contributed by atoms with Crippen LogP contribution in [0.1, 0.15) is 24.1 Å². The highest BCUT2D eigenvalue weighted by Crippen LogP contribution is 2.17. The SMILES string of the molecule is Cc1ncc(CCN2CCC(N(C)C)CC2)cc1NC(=N)N. The van der Waals surface area contributed by atoms with Gasteiger partial charge in [-0.25, -0.2) is 0 Å². The summed E-state index contributed by atoms with van der Waals surface area (Å²) < 4.78 is 0. The molecule has 1 saturated heterocycles. The van der Waals surface area contributed by atoms with Crippen LogP contribution < -0.4 is 11.1 Å². The van der Waals surface area contributed by atoms with Crippen molar-refractivity contribution in [3.8, 4) is 0 Å². The Balaban J connectivity index is 1.86. The van der Waals surface area contributed by atoms with Crippen molar-refractivity contribution in [1.29, 1.82) is 5.41 Å². The highest BCUT2D eigenvalue weighted by molar-refractivity contribution is 5.90. The molecule has 0 atom stereocenters. The molecule has 6 heteroatoms. The summed E-state index contributed by atoms with van der Waals surface area (Å²) in [5.41, 5.74) is 8.28. The van der Waals surface area contributed by atoms with E-state index in [1.165, 1.54) is 31.5 Å². The first-order chi connectivity index (χ1) is 10.5. The lowest BCUT2D eigenvalue weighted by atomic mass is 10.0. The van der Waals surface area contributed by atoms with Gasteiger partial charge in [-0.3, -0.25) is 10.4 Å². The average Bonchev–Trinajstić information content (AvgIpc) is 2.48. The molecule has 2 heterocycles. The Bertz CT molecular complexity index is 505. The van der Waals surface area contributed by atoms with Gasteiger partial charge in [-0.2, -0.15) is 0 Å². The summed E-state index contributed by atoms with van der Waals surface area (Å²) in [5, 5.41) is 10.2. The van der Waals surface area contributed by atoms with Crippen LogP contribution in [0.5, 0.6) is 0 Å². The first-order valence-electron chi connectivity index (χ1n) is 7.91. The fraction of sp³-hybridized carbons (Fsp3) is 0.625. The van der Waals surface area contributed by atoms with E-state index in [0.29, 0.717) is 0 Å². The molecular weight excluding hydrogens is 276 g/mol. The molecule has 1 fully saturated rings. The van der Waals surface area contributed by atoms with E-state index in [0.717, 1.165) is 30.4 Å². The number of pyridine rings is 1. The minimum atomic E-state index is -0.0483. The van der Waals surface area contributed by atoms with Gasteiger partial charge in [0.1, 0.15) is 0 Å². The number of nitrogens with zero attached hydrogens (tertiary/aromatic N) is 3. The van der Waals surface area contributed by atoms with Crippen molar-refractivity contribution < 1.29 is 0 Å². The molecule has 0 unspecified atom stereocenters. The zero-order valence-electron chi connectivity index (χ0n) is 13.9. The van der Waals surface area contributed by atoms with Gasteiger partial charge in [-0.15, -0.1) is 0 Å². The summed E-state index contributed by atoms with van der Waals surface area (Å²) in [5.74, 6) is -0.0483. The third-order valence-electron chi connectivity index (χ3n) is 4.42. The molecule has 22 heavy (non-hydrogen) atoms. The van der Waals surface area contributed by atoms with Gasteiger partial charge in [0.15, 0.2) is 5.96 Å². The maximum absolute atomic E-state index is 7.34. The number of rotatable bonds is 5. The number of likely N-dealkylation sites (tertiary alicyclic amines) is 1. The first kappa shape index (κ1) is 16.7. The van der Waals surface area contributed by atoms with E-state index in [-0.39, 0.29) is 5.96 Å². The Labute approximate surface area is 133 Å². The lowest BCUT2D eigenvalue weighted by Gasteiger charge is -2.35. The Morgan fingerprint density at radius 1 is 1.45 bits per heavy atom. The monoisotopic (exact) mass is 304 g/mol. The summed E-state index contributed by atoms with van der Waals surface area (Å²) in [6.07, 6.45) is 5.40. The quantitative estimate of drug-likeness (QED) is 0.564. The molecule has 0 spiro atoms. The predicted molar refractivity (Wildman–Crippen MR) is 91.4 cm³/mol.